The smallest absolute Gasteiger partial charge is 0.243 e. The second kappa shape index (κ2) is 13.6. The average molecular weight is 576 g/mol. The van der Waals surface area contributed by atoms with E-state index in [1.807, 2.05) is 42.5 Å². The van der Waals surface area contributed by atoms with Crippen molar-refractivity contribution in [2.75, 3.05) is 5.75 Å². The van der Waals surface area contributed by atoms with E-state index >= 15 is 0 Å². The van der Waals surface area contributed by atoms with E-state index in [1.54, 1.807) is 35.2 Å². The first-order valence-electron chi connectivity index (χ1n) is 12.4. The molecule has 1 atom stereocenters. The summed E-state index contributed by atoms with van der Waals surface area (Å²) in [4.78, 5) is 30.1. The van der Waals surface area contributed by atoms with Crippen LogP contribution in [0.15, 0.2) is 77.7 Å². The average Bonchev–Trinajstić information content (AvgIpc) is 3.40. The number of rotatable bonds is 10. The molecule has 3 aromatic carbocycles. The van der Waals surface area contributed by atoms with Gasteiger partial charge in [-0.25, -0.2) is 0 Å². The lowest BCUT2D eigenvalue weighted by atomic mass is 10.0. The van der Waals surface area contributed by atoms with Crippen molar-refractivity contribution in [3.05, 3.63) is 99.0 Å². The van der Waals surface area contributed by atoms with Gasteiger partial charge < -0.3 is 10.2 Å². The molecule has 1 N–H and O–H groups in total. The molecule has 1 aliphatic carbocycles. The van der Waals surface area contributed by atoms with Crippen LogP contribution in [-0.4, -0.2) is 34.6 Å². The van der Waals surface area contributed by atoms with Crippen LogP contribution in [0.5, 0.6) is 0 Å². The van der Waals surface area contributed by atoms with Crippen molar-refractivity contribution >= 4 is 58.4 Å². The van der Waals surface area contributed by atoms with Gasteiger partial charge in [0.1, 0.15) is 6.04 Å². The molecule has 37 heavy (non-hydrogen) atoms. The highest BCUT2D eigenvalue weighted by molar-refractivity contribution is 8.00. The summed E-state index contributed by atoms with van der Waals surface area (Å²) in [6, 6.07) is 21.8. The van der Waals surface area contributed by atoms with Crippen molar-refractivity contribution < 1.29 is 9.59 Å². The molecular formula is C29H29Cl3N2O2S. The maximum Gasteiger partial charge on any atom is 0.243 e. The van der Waals surface area contributed by atoms with E-state index in [0.29, 0.717) is 27.1 Å². The topological polar surface area (TPSA) is 49.4 Å². The zero-order valence-corrected chi connectivity index (χ0v) is 23.4. The van der Waals surface area contributed by atoms with Gasteiger partial charge in [-0.1, -0.05) is 84.0 Å². The largest absolute Gasteiger partial charge is 0.352 e. The number of halogens is 3. The minimum absolute atomic E-state index is 0.133. The van der Waals surface area contributed by atoms with Gasteiger partial charge in [0.2, 0.25) is 11.8 Å². The minimum Gasteiger partial charge on any atom is -0.352 e. The first-order chi connectivity index (χ1) is 17.9. The number of benzene rings is 3. The summed E-state index contributed by atoms with van der Waals surface area (Å²) >= 11 is 20.4. The molecule has 0 heterocycles. The van der Waals surface area contributed by atoms with Crippen molar-refractivity contribution in [1.29, 1.82) is 0 Å². The zero-order chi connectivity index (χ0) is 26.2. The van der Waals surface area contributed by atoms with Crippen LogP contribution in [0.25, 0.3) is 0 Å². The molecule has 0 bridgehead atoms. The fraction of sp³-hybridized carbons (Fsp3) is 0.310. The highest BCUT2D eigenvalue weighted by Gasteiger charge is 2.33. The van der Waals surface area contributed by atoms with Crippen LogP contribution in [0.4, 0.5) is 0 Å². The fourth-order valence-electron chi connectivity index (χ4n) is 4.53. The van der Waals surface area contributed by atoms with E-state index in [9.17, 15) is 9.59 Å². The molecule has 4 nitrogen and oxygen atoms in total. The molecule has 3 aromatic rings. The molecule has 1 aliphatic rings. The van der Waals surface area contributed by atoms with Crippen LogP contribution in [0.2, 0.25) is 15.1 Å². The molecule has 1 fully saturated rings. The van der Waals surface area contributed by atoms with Crippen molar-refractivity contribution in [2.45, 2.75) is 55.6 Å². The number of thioether (sulfide) groups is 1. The predicted octanol–water partition coefficient (Wildman–Crippen LogP) is 7.44. The molecule has 194 valence electrons. The lowest BCUT2D eigenvalue weighted by Crippen LogP contribution is -2.52. The number of carbonyl (C=O) groups is 2. The van der Waals surface area contributed by atoms with Crippen LogP contribution >= 0.6 is 46.6 Å². The Bertz CT molecular complexity index is 1180. The number of nitrogens with zero attached hydrogens (tertiary/aromatic N) is 1. The molecule has 0 saturated heterocycles. The van der Waals surface area contributed by atoms with E-state index in [-0.39, 0.29) is 30.2 Å². The second-order valence-corrected chi connectivity index (χ2v) is 11.5. The summed E-state index contributed by atoms with van der Waals surface area (Å²) in [6.07, 6.45) is 4.51. The third-order valence-electron chi connectivity index (χ3n) is 6.54. The van der Waals surface area contributed by atoms with Crippen LogP contribution < -0.4 is 5.32 Å². The molecule has 1 saturated carbocycles. The molecule has 0 spiro atoms. The van der Waals surface area contributed by atoms with Gasteiger partial charge in [0.15, 0.2) is 0 Å². The number of hydrogen-bond donors (Lipinski definition) is 1. The highest BCUT2D eigenvalue weighted by atomic mass is 35.5. The minimum atomic E-state index is -0.714. The van der Waals surface area contributed by atoms with Gasteiger partial charge in [0.05, 0.1) is 5.75 Å². The van der Waals surface area contributed by atoms with Crippen molar-refractivity contribution in [3.8, 4) is 0 Å². The molecule has 0 aromatic heterocycles. The SMILES string of the molecule is O=C(NC1CCCC1)[C@@H](Cc1ccccc1)N(Cc1c(Cl)cccc1Cl)C(=O)CSc1ccc(Cl)cc1. The van der Waals surface area contributed by atoms with Gasteiger partial charge >= 0.3 is 0 Å². The molecule has 0 aliphatic heterocycles. The molecular weight excluding hydrogens is 547 g/mol. The van der Waals surface area contributed by atoms with Gasteiger partial charge in [-0.05, 0) is 54.8 Å². The second-order valence-electron chi connectivity index (χ2n) is 9.16. The molecule has 4 rings (SSSR count). The molecule has 2 amide bonds. The van der Waals surface area contributed by atoms with Crippen LogP contribution in [0.1, 0.15) is 36.8 Å². The van der Waals surface area contributed by atoms with Crippen molar-refractivity contribution in [1.82, 2.24) is 10.2 Å². The number of hydrogen-bond acceptors (Lipinski definition) is 3. The number of nitrogens with one attached hydrogen (secondary N) is 1. The molecule has 8 heteroatoms. The van der Waals surface area contributed by atoms with Gasteiger partial charge in [-0.2, -0.15) is 0 Å². The Morgan fingerprint density at radius 2 is 1.54 bits per heavy atom. The summed E-state index contributed by atoms with van der Waals surface area (Å²) in [5.74, 6) is -0.159. The van der Waals surface area contributed by atoms with E-state index in [4.69, 9.17) is 34.8 Å². The third-order valence-corrected chi connectivity index (χ3v) is 8.50. The first kappa shape index (κ1) is 27.8. The summed E-state index contributed by atoms with van der Waals surface area (Å²) in [5.41, 5.74) is 1.60. The zero-order valence-electron chi connectivity index (χ0n) is 20.3. The Hall–Kier alpha value is -2.18. The third kappa shape index (κ3) is 7.90. The van der Waals surface area contributed by atoms with Gasteiger partial charge in [0, 0.05) is 44.5 Å². The Balaban J connectivity index is 1.64. The lowest BCUT2D eigenvalue weighted by Gasteiger charge is -2.33. The molecule has 0 unspecified atom stereocenters. The Labute approximate surface area is 237 Å². The van der Waals surface area contributed by atoms with Crippen molar-refractivity contribution in [2.24, 2.45) is 0 Å². The lowest BCUT2D eigenvalue weighted by molar-refractivity contribution is -0.139. The summed E-state index contributed by atoms with van der Waals surface area (Å²) in [7, 11) is 0. The number of carbonyl (C=O) groups excluding carboxylic acids is 2. The first-order valence-corrected chi connectivity index (χ1v) is 14.5. The quantitative estimate of drug-likeness (QED) is 0.256. The van der Waals surface area contributed by atoms with Gasteiger partial charge in [-0.3, -0.25) is 9.59 Å². The standard InChI is InChI=1S/C29H29Cl3N2O2S/c30-21-13-15-23(16-14-21)37-19-28(35)34(18-24-25(31)11-6-12-26(24)32)27(17-20-7-2-1-3-8-20)29(36)33-22-9-4-5-10-22/h1-3,6-8,11-16,22,27H,4-5,9-10,17-19H2,(H,33,36)/t27-/m1/s1. The summed E-state index contributed by atoms with van der Waals surface area (Å²) in [6.45, 7) is 0.133. The maximum atomic E-state index is 13.8. The Kier molecular flexibility index (Phi) is 10.2. The maximum absolute atomic E-state index is 13.8. The summed E-state index contributed by atoms with van der Waals surface area (Å²) < 4.78 is 0. The normalized spacial score (nSPS) is 14.4. The van der Waals surface area contributed by atoms with Crippen molar-refractivity contribution in [3.63, 3.8) is 0 Å². The Morgan fingerprint density at radius 3 is 2.19 bits per heavy atom. The van der Waals surface area contributed by atoms with Crippen LogP contribution in [0, 0.1) is 0 Å². The summed E-state index contributed by atoms with van der Waals surface area (Å²) in [5, 5.41) is 4.77. The van der Waals surface area contributed by atoms with E-state index in [2.05, 4.69) is 5.32 Å². The Morgan fingerprint density at radius 1 is 0.892 bits per heavy atom. The number of amides is 2. The highest BCUT2D eigenvalue weighted by Crippen LogP contribution is 2.29. The van der Waals surface area contributed by atoms with Crippen LogP contribution in [-0.2, 0) is 22.6 Å². The monoisotopic (exact) mass is 574 g/mol. The van der Waals surface area contributed by atoms with Crippen LogP contribution in [0.3, 0.4) is 0 Å². The molecule has 0 radical (unpaired) electrons. The van der Waals surface area contributed by atoms with E-state index in [0.717, 1.165) is 36.1 Å². The van der Waals surface area contributed by atoms with Gasteiger partial charge in [-0.15, -0.1) is 11.8 Å². The van der Waals surface area contributed by atoms with Gasteiger partial charge in [0.25, 0.3) is 0 Å². The predicted molar refractivity (Wildman–Crippen MR) is 154 cm³/mol. The fourth-order valence-corrected chi connectivity index (χ4v) is 5.96. The van der Waals surface area contributed by atoms with E-state index in [1.165, 1.54) is 11.8 Å². The van der Waals surface area contributed by atoms with E-state index < -0.39 is 6.04 Å².